The molecule has 0 bridgehead atoms. The Morgan fingerprint density at radius 1 is 1.24 bits per heavy atom. The Morgan fingerprint density at radius 3 is 2.62 bits per heavy atom. The van der Waals surface area contributed by atoms with E-state index in [-0.39, 0.29) is 23.6 Å². The average Bonchev–Trinajstić information content (AvgIpc) is 2.70. The van der Waals surface area contributed by atoms with Crippen molar-refractivity contribution in [1.82, 2.24) is 4.90 Å². The molecule has 0 fully saturated rings. The van der Waals surface area contributed by atoms with E-state index in [4.69, 9.17) is 5.73 Å². The van der Waals surface area contributed by atoms with Crippen molar-refractivity contribution in [3.8, 4) is 0 Å². The summed E-state index contributed by atoms with van der Waals surface area (Å²) in [6.07, 6.45) is 1.38. The molecule has 152 valence electrons. The number of carbonyl (C=O) groups excluding carboxylic acids is 1. The van der Waals surface area contributed by atoms with Crippen LogP contribution < -0.4 is 11.1 Å². The van der Waals surface area contributed by atoms with E-state index in [1.165, 1.54) is 41.4 Å². The monoisotopic (exact) mass is 402 g/mol. The third kappa shape index (κ3) is 4.96. The second-order valence-electron chi connectivity index (χ2n) is 6.74. The van der Waals surface area contributed by atoms with Gasteiger partial charge in [0, 0.05) is 36.5 Å². The Balaban J connectivity index is 1.72. The van der Waals surface area contributed by atoms with Crippen LogP contribution in [0.25, 0.3) is 5.57 Å². The number of hydrogen-bond acceptors (Lipinski definition) is 3. The fourth-order valence-corrected chi connectivity index (χ4v) is 3.02. The Hall–Kier alpha value is -3.29. The lowest BCUT2D eigenvalue weighted by Crippen LogP contribution is -2.43. The lowest BCUT2D eigenvalue weighted by Gasteiger charge is -2.28. The van der Waals surface area contributed by atoms with Crippen LogP contribution in [-0.4, -0.2) is 36.3 Å². The third-order valence-electron chi connectivity index (χ3n) is 4.55. The predicted molar refractivity (Wildman–Crippen MR) is 107 cm³/mol. The van der Waals surface area contributed by atoms with Crippen molar-refractivity contribution < 1.29 is 18.0 Å². The van der Waals surface area contributed by atoms with E-state index in [1.54, 1.807) is 18.2 Å². The third-order valence-corrected chi connectivity index (χ3v) is 4.55. The minimum absolute atomic E-state index is 0.180. The minimum Gasteiger partial charge on any atom is -0.404 e. The van der Waals surface area contributed by atoms with Crippen molar-refractivity contribution in [3.05, 3.63) is 71.7 Å². The first kappa shape index (κ1) is 20.4. The zero-order chi connectivity index (χ0) is 21.0. The largest absolute Gasteiger partial charge is 0.404 e. The minimum atomic E-state index is -3.00. The molecule has 0 aliphatic carbocycles. The fraction of sp³-hybridized carbons (Fsp3) is 0.238. The molecule has 0 radical (unpaired) electrons. The Labute approximate surface area is 166 Å². The molecule has 3 rings (SSSR count). The van der Waals surface area contributed by atoms with Crippen molar-refractivity contribution in [2.45, 2.75) is 12.8 Å². The molecule has 3 N–H and O–H groups in total. The number of halogens is 3. The molecule has 2 aromatic carbocycles. The Morgan fingerprint density at radius 2 is 1.97 bits per heavy atom. The van der Waals surface area contributed by atoms with Crippen molar-refractivity contribution in [2.75, 3.05) is 25.0 Å². The molecule has 0 saturated carbocycles. The van der Waals surface area contributed by atoms with Gasteiger partial charge in [-0.05, 0) is 29.8 Å². The predicted octanol–water partition coefficient (Wildman–Crippen LogP) is 4.23. The number of alkyl halides is 2. The molecular formula is C21H21F3N4O. The number of nitrogens with two attached hydrogens (primary N) is 1. The summed E-state index contributed by atoms with van der Waals surface area (Å²) in [4.78, 5) is 18.6. The van der Waals surface area contributed by atoms with Gasteiger partial charge in [0.2, 0.25) is 0 Å². The number of aliphatic imine (C=N–C) groups is 1. The maximum absolute atomic E-state index is 13.5. The molecule has 1 heterocycles. The summed E-state index contributed by atoms with van der Waals surface area (Å²) in [6, 6.07) is 11.0. The Kier molecular flexibility index (Phi) is 5.91. The van der Waals surface area contributed by atoms with Gasteiger partial charge in [0.25, 0.3) is 5.92 Å². The molecule has 0 aromatic heterocycles. The summed E-state index contributed by atoms with van der Waals surface area (Å²) in [6.45, 7) is 1.74. The molecule has 0 spiro atoms. The van der Waals surface area contributed by atoms with Gasteiger partial charge in [0.05, 0.1) is 18.8 Å². The number of nitrogens with one attached hydrogen (secondary N) is 1. The zero-order valence-corrected chi connectivity index (χ0v) is 15.8. The van der Waals surface area contributed by atoms with E-state index in [0.717, 1.165) is 6.92 Å². The van der Waals surface area contributed by atoms with Crippen molar-refractivity contribution in [3.63, 3.8) is 0 Å². The summed E-state index contributed by atoms with van der Waals surface area (Å²) < 4.78 is 40.2. The van der Waals surface area contributed by atoms with Gasteiger partial charge in [-0.15, -0.1) is 0 Å². The highest BCUT2D eigenvalue weighted by Crippen LogP contribution is 2.28. The highest BCUT2D eigenvalue weighted by Gasteiger charge is 2.25. The van der Waals surface area contributed by atoms with Crippen LogP contribution in [0.5, 0.6) is 0 Å². The van der Waals surface area contributed by atoms with E-state index in [0.29, 0.717) is 29.9 Å². The molecule has 2 aromatic rings. The molecule has 29 heavy (non-hydrogen) atoms. The van der Waals surface area contributed by atoms with Gasteiger partial charge in [0.15, 0.2) is 0 Å². The van der Waals surface area contributed by atoms with E-state index >= 15 is 0 Å². The van der Waals surface area contributed by atoms with Gasteiger partial charge in [-0.3, -0.25) is 4.99 Å². The number of benzene rings is 2. The summed E-state index contributed by atoms with van der Waals surface area (Å²) in [5, 5.41) is 2.65. The molecule has 1 aliphatic rings. The molecule has 5 nitrogen and oxygen atoms in total. The summed E-state index contributed by atoms with van der Waals surface area (Å²) in [5.74, 6) is -3.36. The SMILES string of the molecule is CC(F)(F)c1cccc(NC(=O)N2CCN=C(C(=CN)c3ccc(F)cc3)C2)c1. The normalized spacial score (nSPS) is 15.1. The second kappa shape index (κ2) is 8.38. The summed E-state index contributed by atoms with van der Waals surface area (Å²) in [5.41, 5.74) is 7.74. The van der Waals surface area contributed by atoms with Gasteiger partial charge in [-0.25, -0.2) is 18.0 Å². The first-order valence-corrected chi connectivity index (χ1v) is 9.04. The van der Waals surface area contributed by atoms with E-state index in [2.05, 4.69) is 10.3 Å². The molecular weight excluding hydrogens is 381 g/mol. The molecule has 0 unspecified atom stereocenters. The van der Waals surface area contributed by atoms with Crippen molar-refractivity contribution in [1.29, 1.82) is 0 Å². The van der Waals surface area contributed by atoms with Gasteiger partial charge in [-0.1, -0.05) is 24.3 Å². The smallest absolute Gasteiger partial charge is 0.322 e. The van der Waals surface area contributed by atoms with Crippen LogP contribution in [0.15, 0.2) is 59.7 Å². The number of nitrogens with zero attached hydrogens (tertiary/aromatic N) is 2. The first-order chi connectivity index (χ1) is 13.8. The topological polar surface area (TPSA) is 70.7 Å². The van der Waals surface area contributed by atoms with Crippen LogP contribution >= 0.6 is 0 Å². The standard InChI is InChI=1S/C21H21F3N4O/c1-21(23,24)15-3-2-4-17(11-15)27-20(29)28-10-9-26-19(13-28)18(12-25)14-5-7-16(22)8-6-14/h2-8,11-12H,9-10,13,25H2,1H3,(H,27,29). The van der Waals surface area contributed by atoms with Gasteiger partial charge < -0.3 is 16.0 Å². The first-order valence-electron chi connectivity index (χ1n) is 9.04. The van der Waals surface area contributed by atoms with Crippen LogP contribution in [0.1, 0.15) is 18.1 Å². The van der Waals surface area contributed by atoms with Crippen LogP contribution in [0.2, 0.25) is 0 Å². The maximum Gasteiger partial charge on any atom is 0.322 e. The van der Waals surface area contributed by atoms with Gasteiger partial charge in [0.1, 0.15) is 5.82 Å². The number of urea groups is 1. The van der Waals surface area contributed by atoms with Crippen LogP contribution in [0, 0.1) is 5.82 Å². The molecule has 0 atom stereocenters. The van der Waals surface area contributed by atoms with E-state index in [9.17, 15) is 18.0 Å². The molecule has 8 heteroatoms. The second-order valence-corrected chi connectivity index (χ2v) is 6.74. The summed E-state index contributed by atoms with van der Waals surface area (Å²) in [7, 11) is 0. The molecule has 2 amide bonds. The fourth-order valence-electron chi connectivity index (χ4n) is 3.02. The van der Waals surface area contributed by atoms with Crippen molar-refractivity contribution in [2.24, 2.45) is 10.7 Å². The lowest BCUT2D eigenvalue weighted by atomic mass is 10.0. The number of hydrogen-bond donors (Lipinski definition) is 2. The zero-order valence-electron chi connectivity index (χ0n) is 15.8. The lowest BCUT2D eigenvalue weighted by molar-refractivity contribution is 0.0175. The molecule has 1 aliphatic heterocycles. The van der Waals surface area contributed by atoms with Crippen LogP contribution in [0.3, 0.4) is 0 Å². The van der Waals surface area contributed by atoms with Crippen molar-refractivity contribution >= 4 is 23.0 Å². The van der Waals surface area contributed by atoms with Gasteiger partial charge >= 0.3 is 6.03 Å². The number of anilines is 1. The number of carbonyl (C=O) groups is 1. The maximum atomic E-state index is 13.5. The van der Waals surface area contributed by atoms with Gasteiger partial charge in [-0.2, -0.15) is 0 Å². The molecule has 0 saturated heterocycles. The van der Waals surface area contributed by atoms with E-state index < -0.39 is 12.0 Å². The van der Waals surface area contributed by atoms with Crippen LogP contribution in [-0.2, 0) is 5.92 Å². The van der Waals surface area contributed by atoms with E-state index in [1.807, 2.05) is 0 Å². The quantitative estimate of drug-likeness (QED) is 0.804. The number of amides is 2. The highest BCUT2D eigenvalue weighted by molar-refractivity contribution is 6.25. The number of rotatable bonds is 4. The highest BCUT2D eigenvalue weighted by atomic mass is 19.3. The average molecular weight is 402 g/mol. The summed E-state index contributed by atoms with van der Waals surface area (Å²) >= 11 is 0. The Bertz CT molecular complexity index is 949. The van der Waals surface area contributed by atoms with Crippen LogP contribution in [0.4, 0.5) is 23.7 Å².